The van der Waals surface area contributed by atoms with Crippen LogP contribution in [-0.2, 0) is 43.1 Å². The third kappa shape index (κ3) is 15.5. The van der Waals surface area contributed by atoms with E-state index in [0.29, 0.717) is 17.4 Å². The second kappa shape index (κ2) is 31.2. The number of amides is 10. The van der Waals surface area contributed by atoms with Crippen molar-refractivity contribution in [1.82, 2.24) is 53.2 Å². The Hall–Kier alpha value is -10.7. The molecular formula is C78H85ClN10O22. The number of phenols is 3. The summed E-state index contributed by atoms with van der Waals surface area (Å²) in [6.45, 7) is 5.24. The zero-order chi connectivity index (χ0) is 78.9. The number of hydrogen-bond acceptors (Lipinski definition) is 23. The summed E-state index contributed by atoms with van der Waals surface area (Å²) in [6.07, 6.45) is -13.6. The van der Waals surface area contributed by atoms with Gasteiger partial charge in [0, 0.05) is 28.8 Å². The highest BCUT2D eigenvalue weighted by Crippen LogP contribution is 2.55. The maximum absolute atomic E-state index is 16.4. The molecule has 1 saturated heterocycles. The van der Waals surface area contributed by atoms with E-state index in [-0.39, 0.29) is 85.7 Å². The van der Waals surface area contributed by atoms with Gasteiger partial charge in [0.2, 0.25) is 59.3 Å². The molecular weight excluding hydrogens is 1460 g/mol. The van der Waals surface area contributed by atoms with Crippen molar-refractivity contribution >= 4 is 64.9 Å². The minimum Gasteiger partial charge on any atom is -0.508 e. The predicted molar refractivity (Wildman–Crippen MR) is 389 cm³/mol. The van der Waals surface area contributed by atoms with Gasteiger partial charge in [-0.2, -0.15) is 0 Å². The number of aliphatic hydroxyl groups is 6. The summed E-state index contributed by atoms with van der Waals surface area (Å²) in [5.74, 6) is -13.3. The molecule has 7 aliphatic heterocycles. The number of imide groups is 1. The van der Waals surface area contributed by atoms with E-state index in [1.54, 1.807) is 37.3 Å². The van der Waals surface area contributed by atoms with Gasteiger partial charge in [-0.3, -0.25) is 43.7 Å². The number of rotatable bonds is 11. The summed E-state index contributed by atoms with van der Waals surface area (Å²) in [7, 11) is 1.46. The van der Waals surface area contributed by atoms with E-state index in [9.17, 15) is 60.3 Å². The van der Waals surface area contributed by atoms with E-state index in [1.165, 1.54) is 31.3 Å². The van der Waals surface area contributed by atoms with Crippen molar-refractivity contribution in [1.29, 1.82) is 0 Å². The number of urea groups is 1. The zero-order valence-corrected chi connectivity index (χ0v) is 61.0. The molecule has 0 radical (unpaired) electrons. The van der Waals surface area contributed by atoms with E-state index >= 15 is 28.8 Å². The van der Waals surface area contributed by atoms with Gasteiger partial charge in [0.15, 0.2) is 11.5 Å². The molecule has 111 heavy (non-hydrogen) atoms. The molecule has 7 heterocycles. The molecule has 586 valence electrons. The van der Waals surface area contributed by atoms with Crippen molar-refractivity contribution in [3.05, 3.63) is 153 Å². The van der Waals surface area contributed by atoms with Crippen molar-refractivity contribution in [2.75, 3.05) is 7.05 Å². The molecule has 0 aromatic heterocycles. The molecule has 33 heteroatoms. The van der Waals surface area contributed by atoms with Gasteiger partial charge in [-0.05, 0) is 170 Å². The van der Waals surface area contributed by atoms with Gasteiger partial charge in [0.25, 0.3) is 0 Å². The molecule has 17 rings (SSSR count). The first-order valence-corrected chi connectivity index (χ1v) is 37.1. The van der Waals surface area contributed by atoms with Crippen LogP contribution in [0.25, 0.3) is 11.1 Å². The Kier molecular flexibility index (Phi) is 21.7. The second-order valence-corrected chi connectivity index (χ2v) is 30.7. The van der Waals surface area contributed by atoms with Crippen molar-refractivity contribution in [2.45, 2.75) is 169 Å². The number of carbonyl (C=O) groups excluding carboxylic acids is 9. The maximum atomic E-state index is 16.4. The Morgan fingerprint density at radius 2 is 1.23 bits per heavy atom. The lowest BCUT2D eigenvalue weighted by atomic mass is 9.54. The molecule has 10 amide bonds. The minimum absolute atomic E-state index is 0.0762. The predicted octanol–water partition coefficient (Wildman–Crippen LogP) is 3.23. The van der Waals surface area contributed by atoms with Gasteiger partial charge >= 0.3 is 6.03 Å². The van der Waals surface area contributed by atoms with Crippen LogP contribution >= 0.6 is 11.6 Å². The highest BCUT2D eigenvalue weighted by Gasteiger charge is 2.52. The van der Waals surface area contributed by atoms with E-state index in [2.05, 4.69) is 53.2 Å². The smallest absolute Gasteiger partial charge is 0.321 e. The van der Waals surface area contributed by atoms with Gasteiger partial charge in [-0.15, -0.1) is 0 Å². The van der Waals surface area contributed by atoms with Crippen LogP contribution in [0, 0.1) is 29.6 Å². The van der Waals surface area contributed by atoms with Gasteiger partial charge < -0.3 is 113 Å². The fourth-order valence-corrected chi connectivity index (χ4v) is 17.1. The van der Waals surface area contributed by atoms with Crippen molar-refractivity contribution < 1.29 is 108 Å². The second-order valence-electron chi connectivity index (χ2n) is 30.3. The minimum atomic E-state index is -2.35. The first-order valence-electron chi connectivity index (χ1n) is 36.7. The fraction of sp³-hybridized carbons (Fsp3) is 0.423. The summed E-state index contributed by atoms with van der Waals surface area (Å²) in [5, 5.41) is 134. The zero-order valence-electron chi connectivity index (χ0n) is 60.3. The number of fused-ring (bicyclic) bond motifs is 16. The number of halogens is 1. The number of phenolic OH excluding ortho intramolecular Hbond substituents is 3. The van der Waals surface area contributed by atoms with Crippen LogP contribution in [-0.4, -0.2) is 167 Å². The number of benzene rings is 6. The number of aromatic hydroxyl groups is 3. The molecule has 6 aromatic rings. The molecule has 0 spiro atoms. The standard InChI is InChI=1S/C78H85ClN10O22/c1-30(2)16-46(80-4)70(100)88-60-62(94)36-11-14-50-43(23-36)64(96)69-66(98)65(97)67(99)77(111-69)110-68-52(108-50)25-40-26-53(68)109-51-15-12-37(24-45(51)79)63(95)61-76(106)87-59(74(104)84-56-38-18-32-17-33(20-38)21-39(56)19-32)44-27-41(90)28-49(92)55(44)42-22-35(10-13-48(42)91)57(72(102)89-61)86-73(103)58(40)85-71(101)47(82-75(60)105)29-54(93)83-78(107)81-31(3)34-8-6-5-7-9-34/h5-15,22-28,30-33,38-39,46-47,56-67,69,77,80,90-92,94-99H,16-21,29H2,1-4H3,(H,82,105)(H,84,104)(H,85,101)(H,86,103)(H,87,106)(H,88,100)(H,89,102)(H2,81,83,93,107)/t31-,32?,33?,38?,39?,46+,47-,56?,57-,58+,59-,60+,61-,62+,63+,64?,65-,66-,67+,69+,77?/m0/s1. The van der Waals surface area contributed by atoms with E-state index < -0.39 is 197 Å². The highest BCUT2D eigenvalue weighted by atomic mass is 35.5. The van der Waals surface area contributed by atoms with Crippen LogP contribution in [0.2, 0.25) is 5.02 Å². The quantitative estimate of drug-likeness (QED) is 0.0885. The van der Waals surface area contributed by atoms with Crippen molar-refractivity contribution in [3.8, 4) is 57.1 Å². The molecule has 4 saturated carbocycles. The molecule has 18 bridgehead atoms. The highest BCUT2D eigenvalue weighted by molar-refractivity contribution is 6.32. The summed E-state index contributed by atoms with van der Waals surface area (Å²) < 4.78 is 25.8. The molecule has 2 unspecified atom stereocenters. The Labute approximate surface area is 639 Å². The van der Waals surface area contributed by atoms with Crippen LogP contribution in [0.5, 0.6) is 46.0 Å². The average Bonchev–Trinajstić information content (AvgIpc) is 0.765. The van der Waals surface area contributed by atoms with E-state index in [4.69, 9.17) is 30.5 Å². The Morgan fingerprint density at radius 3 is 1.90 bits per heavy atom. The average molecular weight is 1550 g/mol. The number of hydrogen-bond donors (Lipinski definition) is 19. The number of nitrogens with one attached hydrogen (secondary N) is 10. The SMILES string of the molecule is CN[C@H](CC(C)C)C(=O)N[C@H]1C(=O)N[C@@H](CC(=O)NC(=O)N[C@@H](C)c2ccccc2)C(=O)N[C@H]2C(=O)N[C@@H]3C(=O)N[C@H](C(=O)N[C@H](C(=O)NC4C5CC6CC(C5)CC4C6)c4cc(O)cc(O)c4-c4cc3ccc4O)[C@H](O)c3ccc(c(Cl)c3)Oc3cc2cc2c3OC3O[C@H](C(O)c4cc(ccc4O2)[C@H]1O)[C@@H](O)[C@H](O)[C@H]3O. The number of carbonyl (C=O) groups is 9. The third-order valence-electron chi connectivity index (χ3n) is 22.3. The summed E-state index contributed by atoms with van der Waals surface area (Å²) >= 11 is 7.15. The summed E-state index contributed by atoms with van der Waals surface area (Å²) in [5.41, 5.74) is -1.96. The molecule has 11 aliphatic rings. The molecule has 16 atom stereocenters. The van der Waals surface area contributed by atoms with Crippen LogP contribution in [0.3, 0.4) is 0 Å². The molecule has 4 aliphatic carbocycles. The van der Waals surface area contributed by atoms with E-state index in [0.717, 1.165) is 86.7 Å². The molecule has 6 aromatic carbocycles. The molecule has 32 nitrogen and oxygen atoms in total. The first kappa shape index (κ1) is 77.1. The number of aliphatic hydroxyl groups excluding tert-OH is 6. The van der Waals surface area contributed by atoms with Crippen LogP contribution < -0.4 is 67.4 Å². The first-order chi connectivity index (χ1) is 53.0. The largest absolute Gasteiger partial charge is 0.508 e. The lowest BCUT2D eigenvalue weighted by Gasteiger charge is -2.54. The summed E-state index contributed by atoms with van der Waals surface area (Å²) in [6, 6.07) is 6.82. The fourth-order valence-electron chi connectivity index (χ4n) is 16.9. The maximum Gasteiger partial charge on any atom is 0.321 e. The summed E-state index contributed by atoms with van der Waals surface area (Å²) in [4.78, 5) is 137. The normalized spacial score (nSPS) is 29.8. The van der Waals surface area contributed by atoms with Crippen molar-refractivity contribution in [3.63, 3.8) is 0 Å². The monoisotopic (exact) mass is 1550 g/mol. The van der Waals surface area contributed by atoms with Gasteiger partial charge in [-0.25, -0.2) is 4.79 Å². The van der Waals surface area contributed by atoms with Crippen molar-refractivity contribution in [2.24, 2.45) is 29.6 Å². The van der Waals surface area contributed by atoms with Crippen LogP contribution in [0.1, 0.15) is 147 Å². The topological polar surface area (TPSA) is 493 Å². The number of ether oxygens (including phenoxy) is 4. The van der Waals surface area contributed by atoms with Gasteiger partial charge in [0.05, 0.1) is 23.5 Å². The Morgan fingerprint density at radius 1 is 0.586 bits per heavy atom. The Balaban J connectivity index is 0.956. The Bertz CT molecular complexity index is 4680. The lowest BCUT2D eigenvalue weighted by molar-refractivity contribution is -0.290. The molecule has 19 N–H and O–H groups in total. The third-order valence-corrected chi connectivity index (χ3v) is 22.6. The number of likely N-dealkylation sites (N-methyl/N-ethyl adjacent to an activating group) is 1. The van der Waals surface area contributed by atoms with Crippen LogP contribution in [0.4, 0.5) is 4.79 Å². The molecule has 5 fully saturated rings. The van der Waals surface area contributed by atoms with Gasteiger partial charge in [0.1, 0.15) is 108 Å². The van der Waals surface area contributed by atoms with Gasteiger partial charge in [-0.1, -0.05) is 74.0 Å². The van der Waals surface area contributed by atoms with E-state index in [1.807, 2.05) is 13.8 Å². The lowest BCUT2D eigenvalue weighted by Crippen LogP contribution is -2.60. The van der Waals surface area contributed by atoms with Crippen LogP contribution in [0.15, 0.2) is 109 Å².